The highest BCUT2D eigenvalue weighted by Crippen LogP contribution is 2.22. The van der Waals surface area contributed by atoms with Gasteiger partial charge in [0.1, 0.15) is 17.2 Å². The predicted molar refractivity (Wildman–Crippen MR) is 119 cm³/mol. The number of phenolic OH excluding ortho intramolecular Hbond substituents is 1. The van der Waals surface area contributed by atoms with Crippen molar-refractivity contribution in [1.82, 2.24) is 5.43 Å². The molecule has 6 heteroatoms. The zero-order chi connectivity index (χ0) is 21.8. The van der Waals surface area contributed by atoms with Crippen LogP contribution in [-0.2, 0) is 11.2 Å². The molecular weight excluding hydrogens is 380 g/mol. The van der Waals surface area contributed by atoms with E-state index < -0.39 is 12.0 Å². The van der Waals surface area contributed by atoms with Crippen LogP contribution in [0.1, 0.15) is 44.2 Å². The molecule has 0 heterocycles. The summed E-state index contributed by atoms with van der Waals surface area (Å²) < 4.78 is 11.3. The number of phenols is 1. The molecule has 1 atom stereocenters. The molecule has 2 aromatic rings. The summed E-state index contributed by atoms with van der Waals surface area (Å²) in [7, 11) is 0. The second-order valence-electron chi connectivity index (χ2n) is 6.87. The van der Waals surface area contributed by atoms with Gasteiger partial charge in [-0.2, -0.15) is 5.10 Å². The van der Waals surface area contributed by atoms with Gasteiger partial charge in [-0.1, -0.05) is 38.0 Å². The Hall–Kier alpha value is -3.28. The fourth-order valence-electron chi connectivity index (χ4n) is 2.71. The lowest BCUT2D eigenvalue weighted by molar-refractivity contribution is -0.127. The molecule has 0 aliphatic heterocycles. The van der Waals surface area contributed by atoms with Gasteiger partial charge in [0.05, 0.1) is 12.8 Å². The van der Waals surface area contributed by atoms with E-state index in [-0.39, 0.29) is 5.75 Å². The molecule has 0 aliphatic carbocycles. The Morgan fingerprint density at radius 3 is 2.63 bits per heavy atom. The van der Waals surface area contributed by atoms with Gasteiger partial charge < -0.3 is 14.6 Å². The predicted octanol–water partition coefficient (Wildman–Crippen LogP) is 4.61. The molecule has 0 aromatic heterocycles. The normalized spacial score (nSPS) is 11.8. The molecule has 0 radical (unpaired) electrons. The molecule has 0 saturated heterocycles. The van der Waals surface area contributed by atoms with Gasteiger partial charge >= 0.3 is 0 Å². The van der Waals surface area contributed by atoms with E-state index in [9.17, 15) is 9.90 Å². The first-order valence-corrected chi connectivity index (χ1v) is 10.2. The third-order valence-electron chi connectivity index (χ3n) is 4.42. The highest BCUT2D eigenvalue weighted by Gasteiger charge is 2.14. The number of rotatable bonds is 12. The maximum absolute atomic E-state index is 12.2. The van der Waals surface area contributed by atoms with Crippen LogP contribution < -0.4 is 14.9 Å². The smallest absolute Gasteiger partial charge is 0.280 e. The number of hydrazone groups is 1. The van der Waals surface area contributed by atoms with Crippen LogP contribution in [0.5, 0.6) is 17.2 Å². The van der Waals surface area contributed by atoms with E-state index in [1.807, 2.05) is 24.3 Å². The van der Waals surface area contributed by atoms with Crippen LogP contribution in [0.3, 0.4) is 0 Å². The third kappa shape index (κ3) is 7.28. The molecule has 0 fully saturated rings. The molecule has 0 spiro atoms. The molecule has 30 heavy (non-hydrogen) atoms. The molecule has 0 aliphatic rings. The lowest BCUT2D eigenvalue weighted by Gasteiger charge is -2.13. The van der Waals surface area contributed by atoms with E-state index in [4.69, 9.17) is 9.47 Å². The number of para-hydroxylation sites is 1. The van der Waals surface area contributed by atoms with Crippen molar-refractivity contribution in [3.05, 3.63) is 66.2 Å². The molecule has 1 amide bonds. The van der Waals surface area contributed by atoms with Gasteiger partial charge in [0.15, 0.2) is 6.10 Å². The Morgan fingerprint density at radius 2 is 1.93 bits per heavy atom. The average Bonchev–Trinajstić information content (AvgIpc) is 2.75. The van der Waals surface area contributed by atoms with Crippen molar-refractivity contribution in [1.29, 1.82) is 0 Å². The number of hydrogen-bond donors (Lipinski definition) is 2. The van der Waals surface area contributed by atoms with E-state index in [0.29, 0.717) is 24.3 Å². The Balaban J connectivity index is 1.84. The Kier molecular flexibility index (Phi) is 9.45. The van der Waals surface area contributed by atoms with E-state index in [1.165, 1.54) is 6.21 Å². The molecule has 6 nitrogen and oxygen atoms in total. The minimum Gasteiger partial charge on any atom is -0.507 e. The average molecular weight is 411 g/mol. The van der Waals surface area contributed by atoms with Crippen LogP contribution in [-0.4, -0.2) is 29.9 Å². The summed E-state index contributed by atoms with van der Waals surface area (Å²) in [4.78, 5) is 12.2. The number of allylic oxidation sites excluding steroid dienone is 1. The Morgan fingerprint density at radius 1 is 1.20 bits per heavy atom. The number of benzene rings is 2. The van der Waals surface area contributed by atoms with Crippen LogP contribution in [0.15, 0.2) is 60.2 Å². The van der Waals surface area contributed by atoms with E-state index in [0.717, 1.165) is 30.6 Å². The Labute approximate surface area is 178 Å². The highest BCUT2D eigenvalue weighted by atomic mass is 16.5. The summed E-state index contributed by atoms with van der Waals surface area (Å²) in [6.45, 7) is 8.15. The first-order chi connectivity index (χ1) is 14.5. The van der Waals surface area contributed by atoms with Crippen molar-refractivity contribution < 1.29 is 19.4 Å². The van der Waals surface area contributed by atoms with Crippen molar-refractivity contribution in [3.8, 4) is 17.2 Å². The molecule has 2 rings (SSSR count). The fourth-order valence-corrected chi connectivity index (χ4v) is 2.71. The van der Waals surface area contributed by atoms with E-state index in [2.05, 4.69) is 24.0 Å². The zero-order valence-corrected chi connectivity index (χ0v) is 17.6. The van der Waals surface area contributed by atoms with Crippen LogP contribution >= 0.6 is 0 Å². The minimum absolute atomic E-state index is 0.122. The maximum atomic E-state index is 12.2. The fraction of sp³-hybridized carbons (Fsp3) is 0.333. The van der Waals surface area contributed by atoms with Crippen molar-refractivity contribution in [3.63, 3.8) is 0 Å². The van der Waals surface area contributed by atoms with Crippen LogP contribution in [0, 0.1) is 0 Å². The molecule has 0 saturated carbocycles. The van der Waals surface area contributed by atoms with Crippen molar-refractivity contribution in [2.45, 2.75) is 45.6 Å². The second-order valence-corrected chi connectivity index (χ2v) is 6.87. The summed E-state index contributed by atoms with van der Waals surface area (Å²) in [6, 6.07) is 12.5. The SMILES string of the molecule is C=CCc1cccc(/C=N\NC(=O)[C@@H](C)Oc2ccc(OCCCCC)cc2)c1O. The molecule has 2 N–H and O–H groups in total. The summed E-state index contributed by atoms with van der Waals surface area (Å²) in [5.41, 5.74) is 3.69. The summed E-state index contributed by atoms with van der Waals surface area (Å²) in [5, 5.41) is 14.1. The first-order valence-electron chi connectivity index (χ1n) is 10.2. The largest absolute Gasteiger partial charge is 0.507 e. The quantitative estimate of drug-likeness (QED) is 0.232. The van der Waals surface area contributed by atoms with Gasteiger partial charge in [0.25, 0.3) is 5.91 Å². The van der Waals surface area contributed by atoms with Gasteiger partial charge in [-0.3, -0.25) is 4.79 Å². The van der Waals surface area contributed by atoms with Crippen molar-refractivity contribution in [2.75, 3.05) is 6.61 Å². The number of aromatic hydroxyl groups is 1. The van der Waals surface area contributed by atoms with Gasteiger partial charge in [-0.15, -0.1) is 6.58 Å². The summed E-state index contributed by atoms with van der Waals surface area (Å²) in [6.07, 6.45) is 6.26. The standard InChI is InChI=1S/C24H30N2O4/c1-4-6-7-16-29-21-12-14-22(15-13-21)30-18(3)24(28)26-25-17-20-11-8-10-19(9-5-2)23(20)27/h5,8,10-15,17-18,27H,2,4,6-7,9,16H2,1,3H3,(H,26,28)/b25-17-/t18-/m1/s1. The first kappa shape index (κ1) is 23.0. The van der Waals surface area contributed by atoms with E-state index >= 15 is 0 Å². The Bertz CT molecular complexity index is 847. The summed E-state index contributed by atoms with van der Waals surface area (Å²) >= 11 is 0. The number of nitrogens with one attached hydrogen (secondary N) is 1. The van der Waals surface area contributed by atoms with Gasteiger partial charge in [-0.25, -0.2) is 5.43 Å². The lowest BCUT2D eigenvalue weighted by atomic mass is 10.1. The molecule has 0 bridgehead atoms. The number of carbonyl (C=O) groups is 1. The molecule has 160 valence electrons. The minimum atomic E-state index is -0.737. The number of nitrogens with zero attached hydrogens (tertiary/aromatic N) is 1. The van der Waals surface area contributed by atoms with Gasteiger partial charge in [0, 0.05) is 5.56 Å². The lowest BCUT2D eigenvalue weighted by Crippen LogP contribution is -2.33. The van der Waals surface area contributed by atoms with Crippen LogP contribution in [0.2, 0.25) is 0 Å². The number of ether oxygens (including phenoxy) is 2. The van der Waals surface area contributed by atoms with E-state index in [1.54, 1.807) is 31.2 Å². The number of amides is 1. The number of unbranched alkanes of at least 4 members (excludes halogenated alkanes) is 2. The van der Waals surface area contributed by atoms with Gasteiger partial charge in [0.2, 0.25) is 0 Å². The molecule has 2 aromatic carbocycles. The monoisotopic (exact) mass is 410 g/mol. The molecular formula is C24H30N2O4. The molecule has 0 unspecified atom stereocenters. The maximum Gasteiger partial charge on any atom is 0.280 e. The number of carbonyl (C=O) groups excluding carboxylic acids is 1. The van der Waals surface area contributed by atoms with Crippen molar-refractivity contribution >= 4 is 12.1 Å². The van der Waals surface area contributed by atoms with Crippen LogP contribution in [0.25, 0.3) is 0 Å². The third-order valence-corrected chi connectivity index (χ3v) is 4.42. The van der Waals surface area contributed by atoms with Gasteiger partial charge in [-0.05, 0) is 55.7 Å². The number of hydrogen-bond acceptors (Lipinski definition) is 5. The second kappa shape index (κ2) is 12.3. The van der Waals surface area contributed by atoms with Crippen molar-refractivity contribution in [2.24, 2.45) is 5.10 Å². The summed E-state index contributed by atoms with van der Waals surface area (Å²) in [5.74, 6) is 1.07. The van der Waals surface area contributed by atoms with Crippen LogP contribution in [0.4, 0.5) is 0 Å². The topological polar surface area (TPSA) is 80.2 Å². The zero-order valence-electron chi connectivity index (χ0n) is 17.6. The highest BCUT2D eigenvalue weighted by molar-refractivity contribution is 5.86.